The molecule has 7 rings (SSSR count). The number of imidazole rings is 1. The Morgan fingerprint density at radius 2 is 1.93 bits per heavy atom. The van der Waals surface area contributed by atoms with Crippen LogP contribution in [-0.2, 0) is 18.3 Å². The van der Waals surface area contributed by atoms with E-state index in [1.54, 1.807) is 28.8 Å². The Morgan fingerprint density at radius 1 is 1.14 bits per heavy atom. The highest BCUT2D eigenvalue weighted by Gasteiger charge is 2.50. The molecule has 3 fully saturated rings. The average molecular weight is 593 g/mol. The number of nitrogens with zero attached hydrogens (tertiary/aromatic N) is 5. The van der Waals surface area contributed by atoms with Crippen molar-refractivity contribution in [3.05, 3.63) is 47.0 Å². The first-order chi connectivity index (χ1) is 20.0. The first-order valence-corrected chi connectivity index (χ1v) is 15.0. The summed E-state index contributed by atoms with van der Waals surface area (Å²) in [6, 6.07) is 6.57. The second-order valence-electron chi connectivity index (χ2n) is 13.0. The Kier molecular flexibility index (Phi) is 6.27. The zero-order valence-corrected chi connectivity index (χ0v) is 24.9. The number of likely N-dealkylation sites (tertiary alicyclic amines) is 1. The number of aryl methyl sites for hydroxylation is 1. The van der Waals surface area contributed by atoms with Crippen molar-refractivity contribution >= 4 is 45.5 Å². The number of carbonyl (C=O) groups is 2. The second-order valence-corrected chi connectivity index (χ2v) is 13.3. The fraction of sp³-hybridized carbons (Fsp3) is 0.484. The minimum atomic E-state index is -0.610. The smallest absolute Gasteiger partial charge is 0.407 e. The molecule has 0 unspecified atom stereocenters. The summed E-state index contributed by atoms with van der Waals surface area (Å²) in [4.78, 5) is 37.1. The minimum absolute atomic E-state index is 0.135. The van der Waals surface area contributed by atoms with E-state index < -0.39 is 17.5 Å². The summed E-state index contributed by atoms with van der Waals surface area (Å²) in [6.07, 6.45) is 5.21. The van der Waals surface area contributed by atoms with Crippen LogP contribution in [-0.4, -0.2) is 60.2 Å². The van der Waals surface area contributed by atoms with Crippen molar-refractivity contribution in [1.82, 2.24) is 29.3 Å². The van der Waals surface area contributed by atoms with Crippen molar-refractivity contribution in [2.45, 2.75) is 70.7 Å². The maximum Gasteiger partial charge on any atom is 0.407 e. The highest BCUT2D eigenvalue weighted by Crippen LogP contribution is 2.40. The normalized spacial score (nSPS) is 22.0. The molecule has 3 aromatic heterocycles. The van der Waals surface area contributed by atoms with Crippen molar-refractivity contribution in [2.75, 3.05) is 6.54 Å². The number of aromatic nitrogens is 4. The predicted octanol–water partition coefficient (Wildman–Crippen LogP) is 5.92. The number of carbonyl (C=O) groups excluding carboxylic acids is 2. The van der Waals surface area contributed by atoms with E-state index in [1.807, 2.05) is 32.9 Å². The highest BCUT2D eigenvalue weighted by molar-refractivity contribution is 6.34. The van der Waals surface area contributed by atoms with Gasteiger partial charge in [0.2, 0.25) is 0 Å². The van der Waals surface area contributed by atoms with Crippen LogP contribution < -0.4 is 5.32 Å². The molecule has 0 radical (unpaired) electrons. The zero-order chi connectivity index (χ0) is 29.5. The van der Waals surface area contributed by atoms with E-state index >= 15 is 4.39 Å². The largest absolute Gasteiger partial charge is 0.444 e. The molecule has 2 saturated carbocycles. The minimum Gasteiger partial charge on any atom is -0.444 e. The van der Waals surface area contributed by atoms with Crippen LogP contribution in [0.3, 0.4) is 0 Å². The van der Waals surface area contributed by atoms with E-state index in [2.05, 4.69) is 14.9 Å². The molecule has 4 heterocycles. The van der Waals surface area contributed by atoms with Crippen LogP contribution >= 0.6 is 11.6 Å². The van der Waals surface area contributed by atoms with Gasteiger partial charge in [0.25, 0.3) is 5.91 Å². The van der Waals surface area contributed by atoms with Gasteiger partial charge in [0.05, 0.1) is 28.8 Å². The van der Waals surface area contributed by atoms with Gasteiger partial charge < -0.3 is 24.1 Å². The van der Waals surface area contributed by atoms with E-state index in [9.17, 15) is 9.59 Å². The van der Waals surface area contributed by atoms with Gasteiger partial charge in [-0.15, -0.1) is 0 Å². The number of hydrogen-bond acceptors (Lipinski definition) is 5. The van der Waals surface area contributed by atoms with Gasteiger partial charge >= 0.3 is 6.09 Å². The molecule has 3 atom stereocenters. The molecule has 9 nitrogen and oxygen atoms in total. The van der Waals surface area contributed by atoms with Crippen molar-refractivity contribution in [3.8, 4) is 11.5 Å². The molecular weight excluding hydrogens is 559 g/mol. The molecule has 2 aliphatic carbocycles. The molecule has 1 saturated heterocycles. The van der Waals surface area contributed by atoms with Crippen LogP contribution in [0.15, 0.2) is 30.5 Å². The third-order valence-electron chi connectivity index (χ3n) is 8.83. The van der Waals surface area contributed by atoms with Gasteiger partial charge in [-0.2, -0.15) is 0 Å². The number of hydrogen-bond donors (Lipinski definition) is 1. The van der Waals surface area contributed by atoms with Gasteiger partial charge in [0, 0.05) is 37.3 Å². The number of pyridine rings is 1. The van der Waals surface area contributed by atoms with Gasteiger partial charge in [-0.1, -0.05) is 11.6 Å². The fourth-order valence-corrected chi connectivity index (χ4v) is 7.08. The van der Waals surface area contributed by atoms with Crippen LogP contribution in [0.2, 0.25) is 5.15 Å². The SMILES string of the molecule is Cn1c(-c2cc3ccnc(Cl)c3n2CC2CC2)nc2cc(C(=O)N3C[C@H]4CC[C@@H]3[C@@H]4NC(=O)OC(C)(C)C)cc(F)c21. The zero-order valence-electron chi connectivity index (χ0n) is 24.2. The van der Waals surface area contributed by atoms with Gasteiger partial charge in [-0.05, 0) is 82.6 Å². The number of amides is 2. The summed E-state index contributed by atoms with van der Waals surface area (Å²) in [5.41, 5.74) is 2.08. The lowest BCUT2D eigenvalue weighted by atomic mass is 10.1. The Bertz CT molecular complexity index is 1750. The lowest BCUT2D eigenvalue weighted by molar-refractivity contribution is 0.0485. The number of halogens is 2. The number of fused-ring (bicyclic) bond motifs is 4. The summed E-state index contributed by atoms with van der Waals surface area (Å²) in [5.74, 6) is 0.538. The van der Waals surface area contributed by atoms with Crippen LogP contribution in [0, 0.1) is 17.7 Å². The van der Waals surface area contributed by atoms with E-state index in [-0.39, 0.29) is 29.5 Å². The molecule has 2 amide bonds. The predicted molar refractivity (Wildman–Crippen MR) is 158 cm³/mol. The number of benzene rings is 1. The maximum absolute atomic E-state index is 15.7. The van der Waals surface area contributed by atoms with Crippen molar-refractivity contribution < 1.29 is 18.7 Å². The molecule has 3 aliphatic rings. The van der Waals surface area contributed by atoms with Crippen LogP contribution in [0.5, 0.6) is 0 Å². The summed E-state index contributed by atoms with van der Waals surface area (Å²) >= 11 is 6.53. The van der Waals surface area contributed by atoms with Crippen LogP contribution in [0.4, 0.5) is 9.18 Å². The standard InChI is InChI=1S/C31H34ClFN6O3/c1-31(2,3)42-30(41)36-24-18-7-8-22(24)39(15-18)29(40)19-11-20(33)26-21(12-19)35-28(37(26)4)23-13-17-9-10-34-27(32)25(17)38(23)14-16-5-6-16/h9-13,16,18,22,24H,5-8,14-15H2,1-4H3,(H,36,41)/t18-,22-,24-/m1/s1. The van der Waals surface area contributed by atoms with Crippen molar-refractivity contribution in [1.29, 1.82) is 0 Å². The van der Waals surface area contributed by atoms with E-state index in [4.69, 9.17) is 21.3 Å². The van der Waals surface area contributed by atoms with Gasteiger partial charge in [-0.3, -0.25) is 4.79 Å². The Hall–Kier alpha value is -3.66. The molecule has 1 aliphatic heterocycles. The molecule has 1 N–H and O–H groups in total. The van der Waals surface area contributed by atoms with Crippen LogP contribution in [0.1, 0.15) is 56.8 Å². The molecule has 220 valence electrons. The number of piperidine rings is 1. The number of nitrogens with one attached hydrogen (secondary N) is 1. The first kappa shape index (κ1) is 27.2. The Balaban J connectivity index is 1.21. The van der Waals surface area contributed by atoms with Crippen molar-refractivity contribution in [2.24, 2.45) is 18.9 Å². The van der Waals surface area contributed by atoms with E-state index in [0.717, 1.165) is 48.8 Å². The number of alkyl carbamates (subject to hydrolysis) is 1. The number of ether oxygens (including phenoxy) is 1. The fourth-order valence-electron chi connectivity index (χ4n) is 6.81. The molecule has 42 heavy (non-hydrogen) atoms. The van der Waals surface area contributed by atoms with E-state index in [1.165, 1.54) is 6.07 Å². The third-order valence-corrected chi connectivity index (χ3v) is 9.11. The topological polar surface area (TPSA) is 94.3 Å². The summed E-state index contributed by atoms with van der Waals surface area (Å²) in [7, 11) is 1.79. The average Bonchev–Trinajstić information content (AvgIpc) is 3.23. The molecule has 1 aromatic carbocycles. The quantitative estimate of drug-likeness (QED) is 0.290. The molecule has 0 spiro atoms. The highest BCUT2D eigenvalue weighted by atomic mass is 35.5. The van der Waals surface area contributed by atoms with Gasteiger partial charge in [0.15, 0.2) is 11.0 Å². The maximum atomic E-state index is 15.7. The van der Waals surface area contributed by atoms with E-state index in [0.29, 0.717) is 34.5 Å². The first-order valence-electron chi connectivity index (χ1n) is 14.6. The van der Waals surface area contributed by atoms with Crippen LogP contribution in [0.25, 0.3) is 33.5 Å². The summed E-state index contributed by atoms with van der Waals surface area (Å²) in [5, 5.41) is 4.36. The third kappa shape index (κ3) is 4.60. The summed E-state index contributed by atoms with van der Waals surface area (Å²) < 4.78 is 25.1. The lowest BCUT2D eigenvalue weighted by Gasteiger charge is -2.28. The lowest BCUT2D eigenvalue weighted by Crippen LogP contribution is -2.46. The molecular formula is C31H34ClFN6O3. The van der Waals surface area contributed by atoms with Gasteiger partial charge in [0.1, 0.15) is 16.9 Å². The monoisotopic (exact) mass is 592 g/mol. The molecule has 4 aromatic rings. The summed E-state index contributed by atoms with van der Waals surface area (Å²) in [6.45, 7) is 6.75. The van der Waals surface area contributed by atoms with Crippen molar-refractivity contribution in [3.63, 3.8) is 0 Å². The second kappa shape index (κ2) is 9.69. The Labute approximate surface area is 248 Å². The molecule has 2 bridgehead atoms. The molecule has 11 heteroatoms. The number of rotatable bonds is 5. The van der Waals surface area contributed by atoms with Gasteiger partial charge in [-0.25, -0.2) is 19.2 Å². The Morgan fingerprint density at radius 3 is 2.67 bits per heavy atom.